The Morgan fingerprint density at radius 3 is 3.00 bits per heavy atom. The topological polar surface area (TPSA) is 69.3 Å². The van der Waals surface area contributed by atoms with Gasteiger partial charge in [0.1, 0.15) is 11.5 Å². The molecule has 1 aliphatic heterocycles. The van der Waals surface area contributed by atoms with E-state index in [9.17, 15) is 4.79 Å². The number of carbonyl (C=O) groups excluding carboxylic acids is 1. The molecular weight excluding hydrogens is 370 g/mol. The number of furan rings is 1. The molecule has 0 radical (unpaired) electrons. The molecule has 1 fully saturated rings. The fourth-order valence-corrected chi connectivity index (χ4v) is 4.69. The van der Waals surface area contributed by atoms with Gasteiger partial charge >= 0.3 is 0 Å². The molecule has 0 saturated carbocycles. The minimum Gasteiger partial charge on any atom is -0.465 e. The van der Waals surface area contributed by atoms with E-state index >= 15 is 0 Å². The van der Waals surface area contributed by atoms with Crippen molar-refractivity contribution in [3.05, 3.63) is 75.4 Å². The van der Waals surface area contributed by atoms with E-state index in [0.717, 1.165) is 37.5 Å². The molecule has 4 rings (SSSR count). The van der Waals surface area contributed by atoms with Crippen molar-refractivity contribution in [2.45, 2.75) is 32.4 Å². The van der Waals surface area contributed by atoms with Gasteiger partial charge in [-0.25, -0.2) is 0 Å². The number of benzene rings is 1. The number of aryl methyl sites for hydroxylation is 1. The Kier molecular flexibility index (Phi) is 5.29. The predicted molar refractivity (Wildman–Crippen MR) is 109 cm³/mol. The van der Waals surface area contributed by atoms with Crippen LogP contribution in [0.2, 0.25) is 0 Å². The summed E-state index contributed by atoms with van der Waals surface area (Å²) in [6.45, 7) is 3.78. The van der Waals surface area contributed by atoms with E-state index in [4.69, 9.17) is 9.68 Å². The highest BCUT2D eigenvalue weighted by Gasteiger charge is 2.28. The average molecular weight is 391 g/mol. The maximum atomic E-state index is 12.6. The first-order chi connectivity index (χ1) is 13.6. The summed E-state index contributed by atoms with van der Waals surface area (Å²) in [5.74, 6) is 1.77. The van der Waals surface area contributed by atoms with Crippen molar-refractivity contribution in [1.82, 2.24) is 4.90 Å². The lowest BCUT2D eigenvalue weighted by atomic mass is 10.2. The number of nitrogens with zero attached hydrogens (tertiary/aromatic N) is 2. The monoisotopic (exact) mass is 391 g/mol. The van der Waals surface area contributed by atoms with Crippen LogP contribution in [0.1, 0.15) is 50.5 Å². The second kappa shape index (κ2) is 8.01. The Bertz CT molecular complexity index is 1030. The van der Waals surface area contributed by atoms with E-state index in [0.29, 0.717) is 22.2 Å². The quantitative estimate of drug-likeness (QED) is 0.656. The first-order valence-corrected chi connectivity index (χ1v) is 10.1. The van der Waals surface area contributed by atoms with Crippen LogP contribution in [0.3, 0.4) is 0 Å². The molecule has 3 aromatic rings. The number of amides is 1. The standard InChI is InChI=1S/C22H21N3O2S/c1-15-7-8-18(27-15)14-25-11-3-6-19(25)20-9-10-21(28-20)22(26)24-17-5-2-4-16(12-17)13-23/h2,4-5,7-10,12,19H,3,6,11,14H2,1H3,(H,24,26). The van der Waals surface area contributed by atoms with Gasteiger partial charge in [-0.2, -0.15) is 5.26 Å². The molecule has 2 aromatic heterocycles. The highest BCUT2D eigenvalue weighted by Crippen LogP contribution is 2.37. The molecule has 0 bridgehead atoms. The lowest BCUT2D eigenvalue weighted by molar-refractivity contribution is 0.103. The van der Waals surface area contributed by atoms with E-state index in [2.05, 4.69) is 22.4 Å². The van der Waals surface area contributed by atoms with E-state index in [-0.39, 0.29) is 5.91 Å². The summed E-state index contributed by atoms with van der Waals surface area (Å²) in [5, 5.41) is 11.9. The van der Waals surface area contributed by atoms with Gasteiger partial charge in [-0.3, -0.25) is 9.69 Å². The molecule has 3 heterocycles. The van der Waals surface area contributed by atoms with Crippen LogP contribution in [0, 0.1) is 18.3 Å². The number of carbonyl (C=O) groups is 1. The lowest BCUT2D eigenvalue weighted by Gasteiger charge is -2.22. The van der Waals surface area contributed by atoms with Crippen LogP contribution in [-0.2, 0) is 6.54 Å². The second-order valence-electron chi connectivity index (χ2n) is 6.99. The Morgan fingerprint density at radius 1 is 1.32 bits per heavy atom. The Morgan fingerprint density at radius 2 is 2.21 bits per heavy atom. The number of nitrogens with one attached hydrogen (secondary N) is 1. The number of hydrogen-bond acceptors (Lipinski definition) is 5. The van der Waals surface area contributed by atoms with Crippen molar-refractivity contribution in [3.63, 3.8) is 0 Å². The molecule has 1 aliphatic rings. The van der Waals surface area contributed by atoms with Crippen LogP contribution < -0.4 is 5.32 Å². The molecule has 1 atom stereocenters. The molecule has 0 spiro atoms. The molecule has 1 amide bonds. The molecule has 5 nitrogen and oxygen atoms in total. The van der Waals surface area contributed by atoms with E-state index < -0.39 is 0 Å². The first kappa shape index (κ1) is 18.5. The smallest absolute Gasteiger partial charge is 0.265 e. The van der Waals surface area contributed by atoms with Crippen LogP contribution >= 0.6 is 11.3 Å². The van der Waals surface area contributed by atoms with Crippen molar-refractivity contribution >= 4 is 22.9 Å². The van der Waals surface area contributed by atoms with Crippen molar-refractivity contribution in [3.8, 4) is 6.07 Å². The van der Waals surface area contributed by atoms with Crippen LogP contribution in [0.4, 0.5) is 5.69 Å². The zero-order valence-corrected chi connectivity index (χ0v) is 16.5. The number of likely N-dealkylation sites (tertiary alicyclic amines) is 1. The predicted octanol–water partition coefficient (Wildman–Crippen LogP) is 5.11. The third kappa shape index (κ3) is 4.01. The average Bonchev–Trinajstić information content (AvgIpc) is 3.43. The third-order valence-electron chi connectivity index (χ3n) is 4.95. The number of hydrogen-bond donors (Lipinski definition) is 1. The second-order valence-corrected chi connectivity index (χ2v) is 8.10. The minimum atomic E-state index is -0.141. The summed E-state index contributed by atoms with van der Waals surface area (Å²) in [6.07, 6.45) is 2.23. The van der Waals surface area contributed by atoms with Gasteiger partial charge in [-0.05, 0) is 68.8 Å². The van der Waals surface area contributed by atoms with Crippen molar-refractivity contribution in [1.29, 1.82) is 5.26 Å². The molecule has 1 aromatic carbocycles. The summed E-state index contributed by atoms with van der Waals surface area (Å²) < 4.78 is 5.73. The van der Waals surface area contributed by atoms with Crippen LogP contribution in [0.15, 0.2) is 52.9 Å². The molecule has 28 heavy (non-hydrogen) atoms. The summed E-state index contributed by atoms with van der Waals surface area (Å²) in [4.78, 5) is 16.9. The molecule has 1 saturated heterocycles. The Balaban J connectivity index is 1.45. The molecule has 142 valence electrons. The van der Waals surface area contributed by atoms with Gasteiger partial charge in [-0.15, -0.1) is 11.3 Å². The summed E-state index contributed by atoms with van der Waals surface area (Å²) in [7, 11) is 0. The van der Waals surface area contributed by atoms with Crippen LogP contribution in [0.5, 0.6) is 0 Å². The maximum absolute atomic E-state index is 12.6. The molecular formula is C22H21N3O2S. The summed E-state index contributed by atoms with van der Waals surface area (Å²) >= 11 is 1.54. The first-order valence-electron chi connectivity index (χ1n) is 9.33. The fraction of sp³-hybridized carbons (Fsp3) is 0.273. The fourth-order valence-electron chi connectivity index (χ4n) is 3.62. The van der Waals surface area contributed by atoms with Gasteiger partial charge in [0.25, 0.3) is 5.91 Å². The zero-order chi connectivity index (χ0) is 19.5. The number of rotatable bonds is 5. The Hall–Kier alpha value is -2.88. The molecule has 1 unspecified atom stereocenters. The number of anilines is 1. The van der Waals surface area contributed by atoms with Crippen LogP contribution in [-0.4, -0.2) is 17.4 Å². The zero-order valence-electron chi connectivity index (χ0n) is 15.6. The van der Waals surface area contributed by atoms with Gasteiger partial charge in [0.15, 0.2) is 0 Å². The highest BCUT2D eigenvalue weighted by atomic mass is 32.1. The third-order valence-corrected chi connectivity index (χ3v) is 6.13. The van der Waals surface area contributed by atoms with Crippen molar-refractivity contribution in [2.75, 3.05) is 11.9 Å². The molecule has 1 N–H and O–H groups in total. The van der Waals surface area contributed by atoms with E-state index in [1.807, 2.05) is 25.1 Å². The molecule has 0 aliphatic carbocycles. The largest absolute Gasteiger partial charge is 0.465 e. The Labute approximate surface area is 168 Å². The van der Waals surface area contributed by atoms with Crippen molar-refractivity contribution < 1.29 is 9.21 Å². The molecule has 6 heteroatoms. The number of thiophene rings is 1. The normalized spacial score (nSPS) is 16.8. The lowest BCUT2D eigenvalue weighted by Crippen LogP contribution is -2.21. The highest BCUT2D eigenvalue weighted by molar-refractivity contribution is 7.14. The van der Waals surface area contributed by atoms with Gasteiger partial charge in [0.2, 0.25) is 0 Å². The summed E-state index contributed by atoms with van der Waals surface area (Å²) in [6, 6.07) is 17.3. The number of nitriles is 1. The van der Waals surface area contributed by atoms with Crippen LogP contribution in [0.25, 0.3) is 0 Å². The minimum absolute atomic E-state index is 0.141. The van der Waals surface area contributed by atoms with Crippen molar-refractivity contribution in [2.24, 2.45) is 0 Å². The maximum Gasteiger partial charge on any atom is 0.265 e. The van der Waals surface area contributed by atoms with Gasteiger partial charge in [0.05, 0.1) is 23.1 Å². The SMILES string of the molecule is Cc1ccc(CN2CCCC2c2ccc(C(=O)Nc3cccc(C#N)c3)s2)o1. The van der Waals surface area contributed by atoms with Gasteiger partial charge in [0, 0.05) is 16.6 Å². The van der Waals surface area contributed by atoms with Gasteiger partial charge < -0.3 is 9.73 Å². The summed E-state index contributed by atoms with van der Waals surface area (Å²) in [5.41, 5.74) is 1.16. The van der Waals surface area contributed by atoms with Gasteiger partial charge in [-0.1, -0.05) is 6.07 Å². The van der Waals surface area contributed by atoms with E-state index in [1.165, 1.54) is 16.2 Å². The van der Waals surface area contributed by atoms with E-state index in [1.54, 1.807) is 24.3 Å².